The lowest BCUT2D eigenvalue weighted by Gasteiger charge is -2.09. The third kappa shape index (κ3) is 2.53. The number of aryl methyl sites for hydroxylation is 1. The predicted octanol–water partition coefficient (Wildman–Crippen LogP) is 4.20. The molecule has 2 heterocycles. The monoisotopic (exact) mass is 293 g/mol. The van der Waals surface area contributed by atoms with Gasteiger partial charge in [-0.2, -0.15) is 0 Å². The minimum Gasteiger partial charge on any atom is -0.490 e. The molecule has 1 aliphatic heterocycles. The van der Waals surface area contributed by atoms with E-state index in [2.05, 4.69) is 18.0 Å². The Morgan fingerprint density at radius 1 is 1.26 bits per heavy atom. The van der Waals surface area contributed by atoms with Crippen LogP contribution < -0.4 is 9.47 Å². The Morgan fingerprint density at radius 3 is 2.84 bits per heavy atom. The quantitative estimate of drug-likeness (QED) is 0.843. The Hall–Kier alpha value is -1.33. The van der Waals surface area contributed by atoms with Gasteiger partial charge in [-0.1, -0.05) is 6.92 Å². The highest BCUT2D eigenvalue weighted by molar-refractivity contribution is 7.73. The van der Waals surface area contributed by atoms with Crippen LogP contribution in [-0.2, 0) is 6.42 Å². The number of hydrogen-bond donors (Lipinski definition) is 1. The number of fused-ring (bicyclic) bond motifs is 1. The Morgan fingerprint density at radius 2 is 2.05 bits per heavy atom. The second-order valence-corrected chi connectivity index (χ2v) is 6.15. The summed E-state index contributed by atoms with van der Waals surface area (Å²) >= 11 is 6.87. The molecule has 0 bridgehead atoms. The molecule has 2 aromatic rings. The summed E-state index contributed by atoms with van der Waals surface area (Å²) in [4.78, 5) is 4.55. The van der Waals surface area contributed by atoms with E-state index in [0.717, 1.165) is 39.6 Å². The average molecular weight is 293 g/mol. The number of nitrogens with one attached hydrogen (secondary N) is 1. The molecule has 0 amide bonds. The second-order valence-electron chi connectivity index (χ2n) is 4.38. The van der Waals surface area contributed by atoms with E-state index in [-0.39, 0.29) is 0 Å². The highest BCUT2D eigenvalue weighted by atomic mass is 32.1. The summed E-state index contributed by atoms with van der Waals surface area (Å²) in [5, 5.41) is 0. The van der Waals surface area contributed by atoms with Gasteiger partial charge in [0, 0.05) is 16.9 Å². The van der Waals surface area contributed by atoms with Crippen LogP contribution in [0, 0.1) is 3.95 Å². The molecule has 0 saturated heterocycles. The Bertz CT molecular complexity index is 645. The van der Waals surface area contributed by atoms with Gasteiger partial charge >= 0.3 is 0 Å². The van der Waals surface area contributed by atoms with Crippen LogP contribution in [0.2, 0.25) is 0 Å². The zero-order chi connectivity index (χ0) is 13.2. The molecular formula is C14H15NO2S2. The molecule has 19 heavy (non-hydrogen) atoms. The van der Waals surface area contributed by atoms with Crippen molar-refractivity contribution in [2.45, 2.75) is 19.8 Å². The fourth-order valence-electron chi connectivity index (χ4n) is 2.16. The number of H-pyrrole nitrogens is 1. The van der Waals surface area contributed by atoms with Gasteiger partial charge in [0.15, 0.2) is 15.5 Å². The van der Waals surface area contributed by atoms with Gasteiger partial charge in [0.25, 0.3) is 0 Å². The van der Waals surface area contributed by atoms with Crippen LogP contribution in [0.3, 0.4) is 0 Å². The zero-order valence-corrected chi connectivity index (χ0v) is 12.3. The van der Waals surface area contributed by atoms with Crippen molar-refractivity contribution in [3.63, 3.8) is 0 Å². The van der Waals surface area contributed by atoms with Gasteiger partial charge < -0.3 is 14.5 Å². The van der Waals surface area contributed by atoms with Gasteiger partial charge in [0.1, 0.15) is 0 Å². The predicted molar refractivity (Wildman–Crippen MR) is 79.9 cm³/mol. The highest BCUT2D eigenvalue weighted by Gasteiger charge is 2.14. The van der Waals surface area contributed by atoms with Crippen molar-refractivity contribution in [1.82, 2.24) is 4.98 Å². The number of benzene rings is 1. The Labute approximate surface area is 121 Å². The SMILES string of the molecule is CCc1sc(=S)[nH]c1-c1ccc2c(c1)OCCCO2. The van der Waals surface area contributed by atoms with E-state index >= 15 is 0 Å². The van der Waals surface area contributed by atoms with Crippen molar-refractivity contribution in [2.24, 2.45) is 0 Å². The molecule has 0 aliphatic carbocycles. The van der Waals surface area contributed by atoms with Crippen molar-refractivity contribution in [2.75, 3.05) is 13.2 Å². The fourth-order valence-corrected chi connectivity index (χ4v) is 3.36. The van der Waals surface area contributed by atoms with Crippen LogP contribution in [0.5, 0.6) is 11.5 Å². The van der Waals surface area contributed by atoms with E-state index in [1.807, 2.05) is 12.1 Å². The summed E-state index contributed by atoms with van der Waals surface area (Å²) in [6.45, 7) is 3.56. The molecule has 100 valence electrons. The zero-order valence-electron chi connectivity index (χ0n) is 10.7. The Kier molecular flexibility index (Phi) is 3.57. The number of ether oxygens (including phenoxy) is 2. The minimum absolute atomic E-state index is 0.705. The van der Waals surface area contributed by atoms with Crippen LogP contribution in [0.25, 0.3) is 11.3 Å². The number of hydrogen-bond acceptors (Lipinski definition) is 4. The Balaban J connectivity index is 2.06. The van der Waals surface area contributed by atoms with E-state index in [1.165, 1.54) is 4.88 Å². The molecule has 1 aliphatic rings. The van der Waals surface area contributed by atoms with Crippen LogP contribution in [0.4, 0.5) is 0 Å². The average Bonchev–Trinajstić information content (AvgIpc) is 2.66. The molecule has 0 atom stereocenters. The highest BCUT2D eigenvalue weighted by Crippen LogP contribution is 2.35. The second kappa shape index (κ2) is 5.35. The number of thiazole rings is 1. The summed E-state index contributed by atoms with van der Waals surface area (Å²) in [6.07, 6.45) is 1.90. The fraction of sp³-hybridized carbons (Fsp3) is 0.357. The molecule has 0 spiro atoms. The summed E-state index contributed by atoms with van der Waals surface area (Å²) in [6, 6.07) is 6.07. The summed E-state index contributed by atoms with van der Waals surface area (Å²) in [7, 11) is 0. The van der Waals surface area contributed by atoms with Gasteiger partial charge in [0.2, 0.25) is 0 Å². The van der Waals surface area contributed by atoms with E-state index < -0.39 is 0 Å². The largest absolute Gasteiger partial charge is 0.490 e. The first kappa shape index (κ1) is 12.7. The van der Waals surface area contributed by atoms with E-state index in [0.29, 0.717) is 13.2 Å². The molecule has 0 saturated carbocycles. The molecule has 0 unspecified atom stereocenters. The van der Waals surface area contributed by atoms with Gasteiger partial charge in [-0.25, -0.2) is 0 Å². The maximum atomic E-state index is 5.73. The van der Waals surface area contributed by atoms with Crippen molar-refractivity contribution in [3.8, 4) is 22.8 Å². The van der Waals surface area contributed by atoms with E-state index in [1.54, 1.807) is 11.3 Å². The first-order chi connectivity index (χ1) is 9.28. The number of aromatic amines is 1. The van der Waals surface area contributed by atoms with Gasteiger partial charge in [-0.3, -0.25) is 0 Å². The van der Waals surface area contributed by atoms with Gasteiger partial charge in [-0.05, 0) is 36.8 Å². The standard InChI is InChI=1S/C14H15NO2S2/c1-2-12-13(15-14(18)19-12)9-4-5-10-11(8-9)17-7-3-6-16-10/h4-5,8H,2-3,6-7H2,1H3,(H,15,18). The molecule has 1 aromatic heterocycles. The normalized spacial score (nSPS) is 14.2. The molecule has 1 aromatic carbocycles. The smallest absolute Gasteiger partial charge is 0.161 e. The summed E-state index contributed by atoms with van der Waals surface area (Å²) < 4.78 is 12.2. The van der Waals surface area contributed by atoms with Crippen LogP contribution in [0.15, 0.2) is 18.2 Å². The van der Waals surface area contributed by atoms with Gasteiger partial charge in [0.05, 0.1) is 18.9 Å². The molecule has 0 radical (unpaired) electrons. The summed E-state index contributed by atoms with van der Waals surface area (Å²) in [5.41, 5.74) is 2.21. The van der Waals surface area contributed by atoms with Crippen LogP contribution in [-0.4, -0.2) is 18.2 Å². The molecule has 5 heteroatoms. The number of aromatic nitrogens is 1. The molecule has 3 rings (SSSR count). The lowest BCUT2D eigenvalue weighted by Crippen LogP contribution is -1.97. The topological polar surface area (TPSA) is 34.2 Å². The van der Waals surface area contributed by atoms with Gasteiger partial charge in [-0.15, -0.1) is 11.3 Å². The lowest BCUT2D eigenvalue weighted by atomic mass is 10.1. The maximum Gasteiger partial charge on any atom is 0.161 e. The molecule has 0 fully saturated rings. The first-order valence-corrected chi connectivity index (χ1v) is 7.62. The van der Waals surface area contributed by atoms with Crippen molar-refractivity contribution < 1.29 is 9.47 Å². The third-order valence-corrected chi connectivity index (χ3v) is 4.46. The summed E-state index contributed by atoms with van der Waals surface area (Å²) in [5.74, 6) is 1.65. The van der Waals surface area contributed by atoms with Crippen molar-refractivity contribution in [1.29, 1.82) is 0 Å². The molecule has 1 N–H and O–H groups in total. The lowest BCUT2D eigenvalue weighted by molar-refractivity contribution is 0.297. The number of rotatable bonds is 2. The van der Waals surface area contributed by atoms with Crippen molar-refractivity contribution >= 4 is 23.6 Å². The van der Waals surface area contributed by atoms with E-state index in [9.17, 15) is 0 Å². The molecular weight excluding hydrogens is 278 g/mol. The van der Waals surface area contributed by atoms with E-state index in [4.69, 9.17) is 21.7 Å². The molecule has 3 nitrogen and oxygen atoms in total. The third-order valence-electron chi connectivity index (χ3n) is 3.08. The minimum atomic E-state index is 0.705. The first-order valence-electron chi connectivity index (χ1n) is 6.40. The van der Waals surface area contributed by atoms with Crippen molar-refractivity contribution in [3.05, 3.63) is 27.0 Å². The van der Waals surface area contributed by atoms with Crippen LogP contribution in [0.1, 0.15) is 18.2 Å². The van der Waals surface area contributed by atoms with Crippen LogP contribution >= 0.6 is 23.6 Å². The maximum absolute atomic E-state index is 5.73.